The second-order valence-corrected chi connectivity index (χ2v) is 7.84. The van der Waals surface area contributed by atoms with E-state index in [1.165, 1.54) is 26.0 Å². The third kappa shape index (κ3) is 3.82. The number of carbonyl (C=O) groups is 4. The van der Waals surface area contributed by atoms with Crippen LogP contribution < -0.4 is 19.1 Å². The summed E-state index contributed by atoms with van der Waals surface area (Å²) in [5.74, 6) is -2.77. The first-order valence-corrected chi connectivity index (χ1v) is 10.7. The van der Waals surface area contributed by atoms with E-state index < -0.39 is 23.5 Å². The van der Waals surface area contributed by atoms with Crippen molar-refractivity contribution < 1.29 is 33.4 Å². The molecule has 174 valence electrons. The number of esters is 2. The molecule has 0 N–H and O–H groups in total. The van der Waals surface area contributed by atoms with E-state index in [0.717, 1.165) is 5.56 Å². The molecule has 2 heterocycles. The van der Waals surface area contributed by atoms with Crippen LogP contribution >= 0.6 is 0 Å². The van der Waals surface area contributed by atoms with Gasteiger partial charge in [-0.3, -0.25) is 24.2 Å². The van der Waals surface area contributed by atoms with E-state index in [1.54, 1.807) is 41.6 Å². The van der Waals surface area contributed by atoms with E-state index in [2.05, 4.69) is 4.98 Å². The summed E-state index contributed by atoms with van der Waals surface area (Å²) in [4.78, 5) is 57.2. The summed E-state index contributed by atoms with van der Waals surface area (Å²) in [7, 11) is 0. The summed E-state index contributed by atoms with van der Waals surface area (Å²) in [6.45, 7) is 2.57. The molecule has 0 unspecified atom stereocenters. The van der Waals surface area contributed by atoms with Crippen molar-refractivity contribution in [2.75, 3.05) is 4.90 Å². The molecule has 35 heavy (non-hydrogen) atoms. The lowest BCUT2D eigenvalue weighted by molar-refractivity contribution is -0.133. The number of rotatable bonds is 3. The second-order valence-electron chi connectivity index (χ2n) is 7.84. The zero-order chi connectivity index (χ0) is 24.7. The number of fused-ring (bicyclic) bond motifs is 2. The zero-order valence-corrected chi connectivity index (χ0v) is 18.7. The highest BCUT2D eigenvalue weighted by Crippen LogP contribution is 2.43. The number of ether oxygens (including phenoxy) is 3. The van der Waals surface area contributed by atoms with Gasteiger partial charge in [-0.25, -0.2) is 0 Å². The number of benzene rings is 2. The number of aromatic nitrogens is 1. The van der Waals surface area contributed by atoms with E-state index in [-0.39, 0.29) is 40.6 Å². The van der Waals surface area contributed by atoms with Crippen LogP contribution in [0.15, 0.2) is 72.4 Å². The minimum absolute atomic E-state index is 0.0416. The third-order valence-electron chi connectivity index (χ3n) is 5.47. The van der Waals surface area contributed by atoms with Crippen molar-refractivity contribution in [1.82, 2.24) is 4.98 Å². The van der Waals surface area contributed by atoms with Gasteiger partial charge in [-0.15, -0.1) is 0 Å². The number of carbonyl (C=O) groups excluding carboxylic acids is 4. The van der Waals surface area contributed by atoms with Crippen LogP contribution in [0.4, 0.5) is 5.69 Å². The van der Waals surface area contributed by atoms with Gasteiger partial charge < -0.3 is 19.1 Å². The minimum Gasteiger partial charge on any atom is -0.450 e. The lowest BCUT2D eigenvalue weighted by atomic mass is 9.88. The van der Waals surface area contributed by atoms with Crippen molar-refractivity contribution in [3.63, 3.8) is 0 Å². The van der Waals surface area contributed by atoms with Gasteiger partial charge in [0.2, 0.25) is 17.3 Å². The van der Waals surface area contributed by atoms with Gasteiger partial charge in [-0.05, 0) is 30.3 Å². The van der Waals surface area contributed by atoms with Gasteiger partial charge in [-0.2, -0.15) is 0 Å². The maximum Gasteiger partial charge on any atom is 0.308 e. The minimum atomic E-state index is -0.689. The molecule has 0 spiro atoms. The molecular formula is C26H18N2O7. The Kier molecular flexibility index (Phi) is 5.37. The number of para-hydroxylation sites is 1. The summed E-state index contributed by atoms with van der Waals surface area (Å²) in [5, 5.41) is 0. The molecule has 1 aliphatic heterocycles. The molecule has 1 aliphatic carbocycles. The molecule has 0 saturated carbocycles. The van der Waals surface area contributed by atoms with Gasteiger partial charge in [0.05, 0.1) is 29.6 Å². The highest BCUT2D eigenvalue weighted by atomic mass is 16.5. The normalized spacial score (nSPS) is 14.3. The molecule has 9 nitrogen and oxygen atoms in total. The smallest absolute Gasteiger partial charge is 0.308 e. The molecule has 0 saturated heterocycles. The van der Waals surface area contributed by atoms with E-state index in [9.17, 15) is 19.2 Å². The van der Waals surface area contributed by atoms with Crippen molar-refractivity contribution in [1.29, 1.82) is 0 Å². The molecular weight excluding hydrogens is 452 g/mol. The van der Waals surface area contributed by atoms with Gasteiger partial charge in [0, 0.05) is 25.6 Å². The van der Waals surface area contributed by atoms with Gasteiger partial charge in [0.15, 0.2) is 0 Å². The SMILES string of the molecule is CC(=O)Oc1ccc(OC(C)=O)c2c1C(=O)C1=C(C2=O)N(c2cccnc2)Cc2ccccc2O1. The predicted molar refractivity (Wildman–Crippen MR) is 122 cm³/mol. The lowest BCUT2D eigenvalue weighted by Crippen LogP contribution is -2.35. The quantitative estimate of drug-likeness (QED) is 0.418. The largest absolute Gasteiger partial charge is 0.450 e. The number of hydrogen-bond donors (Lipinski definition) is 0. The highest BCUT2D eigenvalue weighted by molar-refractivity contribution is 6.29. The molecule has 0 fully saturated rings. The molecule has 0 radical (unpaired) electrons. The van der Waals surface area contributed by atoms with Crippen LogP contribution in [0.25, 0.3) is 0 Å². The summed E-state index contributed by atoms with van der Waals surface area (Å²) >= 11 is 0. The zero-order valence-electron chi connectivity index (χ0n) is 18.7. The van der Waals surface area contributed by atoms with Crippen LogP contribution in [0.5, 0.6) is 17.2 Å². The van der Waals surface area contributed by atoms with Crippen molar-refractivity contribution in [2.45, 2.75) is 20.4 Å². The van der Waals surface area contributed by atoms with Gasteiger partial charge >= 0.3 is 11.9 Å². The fraction of sp³-hybridized carbons (Fsp3) is 0.115. The van der Waals surface area contributed by atoms with E-state index >= 15 is 0 Å². The van der Waals surface area contributed by atoms with Crippen molar-refractivity contribution >= 4 is 29.2 Å². The molecule has 5 rings (SSSR count). The maximum absolute atomic E-state index is 14.0. The number of Topliss-reactive ketones (excluding diaryl/α,β-unsaturated/α-hetero) is 2. The first-order chi connectivity index (χ1) is 16.8. The third-order valence-corrected chi connectivity index (χ3v) is 5.47. The monoisotopic (exact) mass is 470 g/mol. The fourth-order valence-electron chi connectivity index (χ4n) is 4.10. The van der Waals surface area contributed by atoms with Crippen LogP contribution in [0, 0.1) is 0 Å². The molecule has 0 amide bonds. The number of anilines is 1. The van der Waals surface area contributed by atoms with Crippen LogP contribution in [0.3, 0.4) is 0 Å². The number of pyridine rings is 1. The summed E-state index contributed by atoms with van der Waals surface area (Å²) in [5.41, 5.74) is 0.838. The fourth-order valence-corrected chi connectivity index (χ4v) is 4.10. The maximum atomic E-state index is 14.0. The van der Waals surface area contributed by atoms with Crippen LogP contribution in [0.1, 0.15) is 40.1 Å². The van der Waals surface area contributed by atoms with E-state index in [4.69, 9.17) is 14.2 Å². The molecule has 9 heteroatoms. The standard InChI is InChI=1S/C26H18N2O7/c1-14(29)33-19-9-10-20(34-15(2)30)22-21(19)24(31)23-26(25(22)32)35-18-8-4-3-6-16(18)13-28(23)17-7-5-11-27-12-17/h3-12H,13H2,1-2H3. The van der Waals surface area contributed by atoms with E-state index in [1.807, 2.05) is 12.1 Å². The van der Waals surface area contributed by atoms with Crippen LogP contribution in [0.2, 0.25) is 0 Å². The molecule has 2 aromatic carbocycles. The Morgan fingerprint density at radius 3 is 2.17 bits per heavy atom. The van der Waals surface area contributed by atoms with E-state index in [0.29, 0.717) is 11.4 Å². The van der Waals surface area contributed by atoms with Gasteiger partial charge in [-0.1, -0.05) is 18.2 Å². The predicted octanol–water partition coefficient (Wildman–Crippen LogP) is 3.62. The van der Waals surface area contributed by atoms with Crippen LogP contribution in [-0.4, -0.2) is 28.5 Å². The average Bonchev–Trinajstić information content (AvgIpc) is 3.01. The Morgan fingerprint density at radius 1 is 0.886 bits per heavy atom. The highest BCUT2D eigenvalue weighted by Gasteiger charge is 2.43. The molecule has 0 bridgehead atoms. The number of allylic oxidation sites excluding steroid dienone is 2. The average molecular weight is 470 g/mol. The summed E-state index contributed by atoms with van der Waals surface area (Å²) < 4.78 is 16.5. The van der Waals surface area contributed by atoms with Crippen molar-refractivity contribution in [2.24, 2.45) is 0 Å². The topological polar surface area (TPSA) is 112 Å². The Bertz CT molecular complexity index is 1440. The second kappa shape index (κ2) is 8.53. The summed E-state index contributed by atoms with van der Waals surface area (Å²) in [6, 6.07) is 13.2. The van der Waals surface area contributed by atoms with Gasteiger partial charge in [0.1, 0.15) is 22.9 Å². The number of hydrogen-bond acceptors (Lipinski definition) is 9. The Morgan fingerprint density at radius 2 is 1.54 bits per heavy atom. The van der Waals surface area contributed by atoms with Crippen LogP contribution in [-0.2, 0) is 16.1 Å². The van der Waals surface area contributed by atoms with Gasteiger partial charge in [0.25, 0.3) is 0 Å². The molecule has 3 aromatic rings. The van der Waals surface area contributed by atoms with Crippen molar-refractivity contribution in [3.05, 3.63) is 89.1 Å². The number of nitrogens with zero attached hydrogens (tertiary/aromatic N) is 2. The molecule has 0 atom stereocenters. The molecule has 2 aliphatic rings. The Labute approximate surface area is 199 Å². The Hall–Kier alpha value is -4.79. The summed E-state index contributed by atoms with van der Waals surface area (Å²) in [6.07, 6.45) is 3.16. The first-order valence-electron chi connectivity index (χ1n) is 10.7. The lowest BCUT2D eigenvalue weighted by Gasteiger charge is -2.29. The molecule has 1 aromatic heterocycles. The number of ketones is 2. The first kappa shape index (κ1) is 22.0. The Balaban J connectivity index is 1.78. The van der Waals surface area contributed by atoms with Crippen molar-refractivity contribution in [3.8, 4) is 17.2 Å².